The maximum Gasteiger partial charge on any atom is 0.175 e. The molecule has 0 fully saturated rings. The zero-order chi connectivity index (χ0) is 14.4. The van der Waals surface area contributed by atoms with Gasteiger partial charge < -0.3 is 4.90 Å². The molecule has 1 aromatic heterocycles. The number of nitrogens with zero attached hydrogens (tertiary/aromatic N) is 1. The van der Waals surface area contributed by atoms with Crippen LogP contribution in [-0.2, 0) is 0 Å². The van der Waals surface area contributed by atoms with Crippen molar-refractivity contribution in [3.63, 3.8) is 0 Å². The highest BCUT2D eigenvalue weighted by Gasteiger charge is 2.15. The Morgan fingerprint density at radius 1 is 1.26 bits per heavy atom. The highest BCUT2D eigenvalue weighted by molar-refractivity contribution is 9.10. The van der Waals surface area contributed by atoms with Crippen molar-refractivity contribution in [3.8, 4) is 0 Å². The molecule has 0 unspecified atom stereocenters. The standard InChI is InChI=1S/C15H24BrNOS/c1-11(2)9-17(10-12(3)4)7-5-14(18)15-13(16)6-8-19-15/h6,8,11-12H,5,7,9-10H2,1-4H3. The molecule has 0 aliphatic rings. The zero-order valence-corrected chi connectivity index (χ0v) is 14.7. The van der Waals surface area contributed by atoms with Gasteiger partial charge in [-0.2, -0.15) is 0 Å². The Hall–Kier alpha value is -0.190. The average Bonchev–Trinajstić information content (AvgIpc) is 2.70. The number of ketones is 1. The van der Waals surface area contributed by atoms with E-state index < -0.39 is 0 Å². The molecule has 0 spiro atoms. The summed E-state index contributed by atoms with van der Waals surface area (Å²) in [5, 5.41) is 1.96. The van der Waals surface area contributed by atoms with Gasteiger partial charge in [0.05, 0.1) is 4.88 Å². The van der Waals surface area contributed by atoms with Crippen LogP contribution >= 0.6 is 27.3 Å². The molecule has 0 aliphatic heterocycles. The van der Waals surface area contributed by atoms with Crippen LogP contribution in [0.2, 0.25) is 0 Å². The van der Waals surface area contributed by atoms with Crippen LogP contribution in [0.25, 0.3) is 0 Å². The Kier molecular flexibility index (Phi) is 7.26. The molecule has 0 aliphatic carbocycles. The molecular weight excluding hydrogens is 322 g/mol. The highest BCUT2D eigenvalue weighted by atomic mass is 79.9. The molecule has 0 saturated carbocycles. The van der Waals surface area contributed by atoms with Crippen LogP contribution in [0.3, 0.4) is 0 Å². The van der Waals surface area contributed by atoms with Crippen molar-refractivity contribution in [1.82, 2.24) is 4.90 Å². The summed E-state index contributed by atoms with van der Waals surface area (Å²) in [6.07, 6.45) is 0.610. The minimum absolute atomic E-state index is 0.249. The van der Waals surface area contributed by atoms with E-state index in [0.717, 1.165) is 29.0 Å². The fourth-order valence-electron chi connectivity index (χ4n) is 2.16. The lowest BCUT2D eigenvalue weighted by Gasteiger charge is -2.25. The van der Waals surface area contributed by atoms with Gasteiger partial charge in [0, 0.05) is 30.5 Å². The zero-order valence-electron chi connectivity index (χ0n) is 12.3. The summed E-state index contributed by atoms with van der Waals surface area (Å²) in [6, 6.07) is 1.94. The second kappa shape index (κ2) is 8.18. The first kappa shape index (κ1) is 16.9. The van der Waals surface area contributed by atoms with Crippen molar-refractivity contribution in [1.29, 1.82) is 0 Å². The number of Topliss-reactive ketones (excluding diaryl/α,β-unsaturated/α-hetero) is 1. The van der Waals surface area contributed by atoms with E-state index in [1.807, 2.05) is 11.4 Å². The van der Waals surface area contributed by atoms with Crippen molar-refractivity contribution >= 4 is 33.0 Å². The van der Waals surface area contributed by atoms with Gasteiger partial charge in [0.1, 0.15) is 0 Å². The van der Waals surface area contributed by atoms with Gasteiger partial charge in [-0.3, -0.25) is 4.79 Å². The third kappa shape index (κ3) is 6.19. The first-order valence-electron chi connectivity index (χ1n) is 6.88. The molecule has 1 aromatic rings. The van der Waals surface area contributed by atoms with Gasteiger partial charge in [-0.15, -0.1) is 11.3 Å². The Labute approximate surface area is 129 Å². The van der Waals surface area contributed by atoms with Crippen molar-refractivity contribution in [2.75, 3.05) is 19.6 Å². The molecule has 0 bridgehead atoms. The van der Waals surface area contributed by atoms with E-state index >= 15 is 0 Å². The van der Waals surface area contributed by atoms with Crippen molar-refractivity contribution in [3.05, 3.63) is 20.8 Å². The number of hydrogen-bond donors (Lipinski definition) is 0. The predicted molar refractivity (Wildman–Crippen MR) is 87.1 cm³/mol. The SMILES string of the molecule is CC(C)CN(CCC(=O)c1sccc1Br)CC(C)C. The van der Waals surface area contributed by atoms with Gasteiger partial charge in [-0.25, -0.2) is 0 Å². The van der Waals surface area contributed by atoms with Crippen LogP contribution in [-0.4, -0.2) is 30.3 Å². The lowest BCUT2D eigenvalue weighted by molar-refractivity contribution is 0.0960. The summed E-state index contributed by atoms with van der Waals surface area (Å²) >= 11 is 4.95. The molecule has 19 heavy (non-hydrogen) atoms. The lowest BCUT2D eigenvalue weighted by atomic mass is 10.1. The summed E-state index contributed by atoms with van der Waals surface area (Å²) in [4.78, 5) is 15.4. The van der Waals surface area contributed by atoms with Gasteiger partial charge in [-0.1, -0.05) is 27.7 Å². The second-order valence-electron chi connectivity index (χ2n) is 5.82. The molecule has 0 saturated heterocycles. The van der Waals surface area contributed by atoms with Crippen LogP contribution in [0.4, 0.5) is 0 Å². The molecule has 0 atom stereocenters. The number of carbonyl (C=O) groups excluding carboxylic acids is 1. The quantitative estimate of drug-likeness (QED) is 0.636. The minimum atomic E-state index is 0.249. The van der Waals surface area contributed by atoms with Gasteiger partial charge >= 0.3 is 0 Å². The molecule has 0 amide bonds. The van der Waals surface area contributed by atoms with Crippen molar-refractivity contribution in [2.24, 2.45) is 11.8 Å². The summed E-state index contributed by atoms with van der Waals surface area (Å²) in [5.41, 5.74) is 0. The van der Waals surface area contributed by atoms with E-state index in [0.29, 0.717) is 18.3 Å². The molecule has 108 valence electrons. The Bertz CT molecular complexity index is 391. The molecule has 0 aromatic carbocycles. The second-order valence-corrected chi connectivity index (χ2v) is 7.59. The highest BCUT2D eigenvalue weighted by Crippen LogP contribution is 2.24. The summed E-state index contributed by atoms with van der Waals surface area (Å²) in [6.45, 7) is 11.9. The lowest BCUT2D eigenvalue weighted by Crippen LogP contribution is -2.33. The first-order valence-corrected chi connectivity index (χ1v) is 8.56. The topological polar surface area (TPSA) is 20.3 Å². The molecule has 1 rings (SSSR count). The van der Waals surface area contributed by atoms with E-state index in [4.69, 9.17) is 0 Å². The molecule has 0 radical (unpaired) electrons. The maximum atomic E-state index is 12.2. The third-order valence-corrected chi connectivity index (χ3v) is 4.65. The van der Waals surface area contributed by atoms with E-state index in [9.17, 15) is 4.79 Å². The smallest absolute Gasteiger partial charge is 0.175 e. The van der Waals surface area contributed by atoms with Crippen LogP contribution in [0.15, 0.2) is 15.9 Å². The number of hydrogen-bond acceptors (Lipinski definition) is 3. The summed E-state index contributed by atoms with van der Waals surface area (Å²) < 4.78 is 0.932. The van der Waals surface area contributed by atoms with Gasteiger partial charge in [0.2, 0.25) is 0 Å². The Morgan fingerprint density at radius 3 is 2.26 bits per heavy atom. The van der Waals surface area contributed by atoms with Gasteiger partial charge in [-0.05, 0) is 39.2 Å². The Morgan fingerprint density at radius 2 is 1.84 bits per heavy atom. The van der Waals surface area contributed by atoms with Crippen LogP contribution < -0.4 is 0 Å². The summed E-state index contributed by atoms with van der Waals surface area (Å²) in [5.74, 6) is 1.53. The molecule has 4 heteroatoms. The number of rotatable bonds is 8. The predicted octanol–water partition coefficient (Wildman–Crippen LogP) is 4.70. The van der Waals surface area contributed by atoms with Crippen molar-refractivity contribution < 1.29 is 4.79 Å². The van der Waals surface area contributed by atoms with E-state index in [2.05, 4.69) is 48.5 Å². The normalized spacial score (nSPS) is 11.8. The van der Waals surface area contributed by atoms with Gasteiger partial charge in [0.25, 0.3) is 0 Å². The maximum absolute atomic E-state index is 12.2. The number of carbonyl (C=O) groups is 1. The van der Waals surface area contributed by atoms with E-state index in [-0.39, 0.29) is 5.78 Å². The number of thiophene rings is 1. The van der Waals surface area contributed by atoms with Gasteiger partial charge in [0.15, 0.2) is 5.78 Å². The third-order valence-electron chi connectivity index (χ3n) is 2.77. The van der Waals surface area contributed by atoms with E-state index in [1.54, 1.807) is 0 Å². The fraction of sp³-hybridized carbons (Fsp3) is 0.667. The molecule has 2 nitrogen and oxygen atoms in total. The largest absolute Gasteiger partial charge is 0.302 e. The monoisotopic (exact) mass is 345 g/mol. The van der Waals surface area contributed by atoms with Crippen LogP contribution in [0, 0.1) is 11.8 Å². The number of halogens is 1. The fourth-order valence-corrected chi connectivity index (χ4v) is 3.72. The minimum Gasteiger partial charge on any atom is -0.302 e. The first-order chi connectivity index (χ1) is 8.90. The Balaban J connectivity index is 2.51. The molecule has 1 heterocycles. The molecular formula is C15H24BrNOS. The van der Waals surface area contributed by atoms with Crippen LogP contribution in [0.1, 0.15) is 43.8 Å². The molecule has 0 N–H and O–H groups in total. The summed E-state index contributed by atoms with van der Waals surface area (Å²) in [7, 11) is 0. The van der Waals surface area contributed by atoms with Crippen molar-refractivity contribution in [2.45, 2.75) is 34.1 Å². The van der Waals surface area contributed by atoms with Crippen LogP contribution in [0.5, 0.6) is 0 Å². The average molecular weight is 346 g/mol. The van der Waals surface area contributed by atoms with E-state index in [1.165, 1.54) is 11.3 Å².